The molecule has 8 heteroatoms. The second kappa shape index (κ2) is 2140. The number of rotatable bonds is 0. The van der Waals surface area contributed by atoms with Crippen molar-refractivity contribution in [3.05, 3.63) is 75.3 Å². The molecule has 114 valence electrons. The molecule has 0 aliphatic heterocycles. The van der Waals surface area contributed by atoms with Crippen molar-refractivity contribution >= 4 is 0 Å². The minimum Gasteiger partial charge on any atom is -0.693 e. The molecule has 0 atom stereocenters. The molecule has 0 bridgehead atoms. The van der Waals surface area contributed by atoms with Gasteiger partial charge in [-0.25, -0.2) is 0 Å². The van der Waals surface area contributed by atoms with E-state index in [4.69, 9.17) is 0 Å². The Labute approximate surface area is 121 Å². The molecule has 0 unspecified atom stereocenters. The third-order valence-corrected chi connectivity index (χ3v) is 0. The van der Waals surface area contributed by atoms with Crippen molar-refractivity contribution in [3.63, 3.8) is 0 Å². The van der Waals surface area contributed by atoms with Crippen LogP contribution in [0.1, 0.15) is 0 Å². The fourth-order valence-corrected chi connectivity index (χ4v) is 0. The van der Waals surface area contributed by atoms with Gasteiger partial charge in [-0.2, -0.15) is 0 Å². The Balaban J connectivity index is 0. The van der Waals surface area contributed by atoms with Gasteiger partial charge in [0.15, 0.2) is 0 Å². The first-order valence-electron chi connectivity index (χ1n) is 0. The number of hydrogen-bond donors (Lipinski definition) is 1. The van der Waals surface area contributed by atoms with Gasteiger partial charge in [-0.1, -0.05) is 0 Å². The van der Waals surface area contributed by atoms with Crippen LogP contribution in [0.3, 0.4) is 0 Å². The summed E-state index contributed by atoms with van der Waals surface area (Å²) in [5, 5.41) is 0. The predicted molar refractivity (Wildman–Crippen MR) is 69.9 cm³/mol. The smallest absolute Gasteiger partial charge is 0 e. The molecule has 13 N–H and O–H groups in total. The Morgan fingerprint density at radius 1 is 0.286 bits per heavy atom. The number of hydrogen-bond acceptors (Lipinski definition) is 1. The van der Waals surface area contributed by atoms with Gasteiger partial charge in [0, 0.05) is 40.2 Å². The molecule has 0 aromatic heterocycles. The molecule has 0 aromatic carbocycles. The van der Waals surface area contributed by atoms with E-state index >= 15 is 0 Å². The van der Waals surface area contributed by atoms with Crippen molar-refractivity contribution in [2.75, 3.05) is 0 Å². The first-order chi connectivity index (χ1) is 0. The first kappa shape index (κ1) is 2660. The largest absolute Gasteiger partial charge is 0.693 e. The summed E-state index contributed by atoms with van der Waals surface area (Å²) in [6, 6.07) is 0. The van der Waals surface area contributed by atoms with E-state index in [2.05, 4.69) is 0 Å². The third-order valence-electron chi connectivity index (χ3n) is 0. The van der Waals surface area contributed by atoms with Crippen LogP contribution in [-0.2, 0) is 40.2 Å². The zero-order valence-electron chi connectivity index (χ0n) is 10.3. The fraction of sp³-hybridized carbons (Fsp3) is 0. The van der Waals surface area contributed by atoms with Gasteiger partial charge in [-0.3, -0.25) is 0 Å². The van der Waals surface area contributed by atoms with E-state index in [1.165, 1.54) is 0 Å². The van der Waals surface area contributed by atoms with E-state index in [9.17, 15) is 0 Å². The van der Waals surface area contributed by atoms with Crippen molar-refractivity contribution in [2.45, 2.75) is 0 Å². The molecule has 0 aliphatic rings. The van der Waals surface area contributed by atoms with Crippen molar-refractivity contribution in [3.8, 4) is 0 Å². The monoisotopic (exact) mass is 573 g/mol. The van der Waals surface area contributed by atoms with E-state index in [0.29, 0.717) is 0 Å². The average Bonchev–Trinajstić information content (AvgIpc) is 0. The van der Waals surface area contributed by atoms with Crippen molar-refractivity contribution < 1.29 is 40.2 Å². The van der Waals surface area contributed by atoms with Crippen molar-refractivity contribution in [1.82, 2.24) is 6.15 Å². The zero-order chi connectivity index (χ0) is 0. The van der Waals surface area contributed by atoms with Crippen molar-refractivity contribution in [1.29, 1.82) is 0 Å². The minimum absolute atomic E-state index is 0. The van der Waals surface area contributed by atoms with Crippen LogP contribution in [0.2, 0.25) is 0 Å². The molecule has 0 aliphatic carbocycles. The van der Waals surface area contributed by atoms with Gasteiger partial charge >= 0.3 is 0 Å². The van der Waals surface area contributed by atoms with E-state index < -0.39 is 0 Å². The van der Waals surface area contributed by atoms with E-state index in [1.807, 2.05) is 0 Å². The van der Waals surface area contributed by atoms with Crippen LogP contribution in [0.5, 0.6) is 0 Å². The molecule has 0 fully saturated rings. The Morgan fingerprint density at radius 2 is 0.286 bits per heavy atom. The molecule has 14 heavy (non-hydrogen) atoms. The molecule has 0 rings (SSSR count). The van der Waals surface area contributed by atoms with Crippen LogP contribution >= 0.6 is 0 Å². The van der Waals surface area contributed by atoms with Gasteiger partial charge in [0.2, 0.25) is 0 Å². The summed E-state index contributed by atoms with van der Waals surface area (Å²) < 4.78 is 0. The Morgan fingerprint density at radius 3 is 0.286 bits per heavy atom. The summed E-state index contributed by atoms with van der Waals surface area (Å²) in [6.45, 7) is 0. The van der Waals surface area contributed by atoms with Crippen LogP contribution in [-0.4, -0.2) is 0 Å². The average molecular weight is 572 g/mol. The molecular weight excluding hydrogens is 541 g/mol. The molecule has 0 saturated heterocycles. The second-order valence-electron chi connectivity index (χ2n) is 0. The molecule has 0 amide bonds. The summed E-state index contributed by atoms with van der Waals surface area (Å²) in [5.74, 6) is 0. The summed E-state index contributed by atoms with van der Waals surface area (Å²) in [7, 11) is 0. The van der Waals surface area contributed by atoms with E-state index in [1.54, 1.807) is 0 Å². The fourth-order valence-electron chi connectivity index (χ4n) is 0. The second-order valence-corrected chi connectivity index (χ2v) is 0. The third kappa shape index (κ3) is 1690. The maximum atomic E-state index is 0. The molecule has 0 heterocycles. The molecule has 6 nitrogen and oxygen atoms in total. The summed E-state index contributed by atoms with van der Waals surface area (Å²) >= 11 is 0. The van der Waals surface area contributed by atoms with Crippen LogP contribution in [0.25, 0.3) is 30.8 Å². The van der Waals surface area contributed by atoms with Crippen LogP contribution in [0, 0.1) is 44.6 Å². The van der Waals surface area contributed by atoms with E-state index in [-0.39, 0.29) is 122 Å². The molecule has 0 spiro atoms. The molecular formula is C6H31Ir2N6-11. The SMILES string of the molecule is N.[CH3-].[CH3-].[CH3-].[CH3-].[CH3-].[CH3-].[Ir].[Ir].[NH2-].[NH2-].[NH2-].[NH2-].[NH2-]. The number of nitrogens with two attached hydrogens (primary N) is 5. The minimum atomic E-state index is 0. The quantitative estimate of drug-likeness (QED) is 0.320. The Hall–Kier alpha value is 1.06. The summed E-state index contributed by atoms with van der Waals surface area (Å²) in [5.41, 5.74) is 0. The van der Waals surface area contributed by atoms with Crippen LogP contribution < -0.4 is 6.15 Å². The molecule has 2 radical (unpaired) electrons. The van der Waals surface area contributed by atoms with Gasteiger partial charge in [0.05, 0.1) is 0 Å². The predicted octanol–water partition coefficient (Wildman–Crippen LogP) is 6.44. The van der Waals surface area contributed by atoms with Gasteiger partial charge < -0.3 is 81.5 Å². The zero-order valence-corrected chi connectivity index (χ0v) is 15.1. The normalized spacial score (nSPS) is 0. The molecule has 0 saturated carbocycles. The topological polar surface area (TPSA) is 202 Å². The Bertz CT molecular complexity index is 20.3. The van der Waals surface area contributed by atoms with E-state index in [0.717, 1.165) is 0 Å². The van der Waals surface area contributed by atoms with Gasteiger partial charge in [-0.15, -0.1) is 0 Å². The standard InChI is InChI=1S/6CH3.2Ir.H3N.5H2N/h6*1H3;;;1H3;5*1H2/q6*-1;;;;5*-1. The summed E-state index contributed by atoms with van der Waals surface area (Å²) in [6.07, 6.45) is 0. The van der Waals surface area contributed by atoms with Gasteiger partial charge in [0.1, 0.15) is 0 Å². The molecule has 0 aromatic rings. The summed E-state index contributed by atoms with van der Waals surface area (Å²) in [4.78, 5) is 0. The van der Waals surface area contributed by atoms with Gasteiger partial charge in [-0.05, 0) is 0 Å². The maximum Gasteiger partial charge on any atom is 0 e. The van der Waals surface area contributed by atoms with Gasteiger partial charge in [0.25, 0.3) is 0 Å². The van der Waals surface area contributed by atoms with Crippen LogP contribution in [0.15, 0.2) is 0 Å². The maximum absolute atomic E-state index is 0. The van der Waals surface area contributed by atoms with Crippen LogP contribution in [0.4, 0.5) is 0 Å². The Kier molecular flexibility index (Phi) is 406000. The van der Waals surface area contributed by atoms with Crippen molar-refractivity contribution in [2.24, 2.45) is 0 Å². The first-order valence-corrected chi connectivity index (χ1v) is 0.